The Morgan fingerprint density at radius 3 is 2.48 bits per heavy atom. The molecule has 110 valence electrons. The molecule has 21 heavy (non-hydrogen) atoms. The summed E-state index contributed by atoms with van der Waals surface area (Å²) in [5.74, 6) is 0.815. The number of nitrogens with zero attached hydrogens (tertiary/aromatic N) is 1. The summed E-state index contributed by atoms with van der Waals surface area (Å²) in [4.78, 5) is 14.2. The van der Waals surface area contributed by atoms with Crippen molar-refractivity contribution in [2.24, 2.45) is 0 Å². The van der Waals surface area contributed by atoms with Crippen LogP contribution in [0, 0.1) is 6.92 Å². The molecule has 2 aromatic rings. The van der Waals surface area contributed by atoms with Crippen LogP contribution in [0.15, 0.2) is 46.9 Å². The number of rotatable bonds is 4. The summed E-state index contributed by atoms with van der Waals surface area (Å²) >= 11 is 3.49. The highest BCUT2D eigenvalue weighted by Gasteiger charge is 2.15. The van der Waals surface area contributed by atoms with E-state index in [0.29, 0.717) is 12.1 Å². The van der Waals surface area contributed by atoms with Gasteiger partial charge in [0.25, 0.3) is 5.91 Å². The van der Waals surface area contributed by atoms with Gasteiger partial charge in [0.1, 0.15) is 5.75 Å². The van der Waals surface area contributed by atoms with Crippen LogP contribution in [0.5, 0.6) is 5.75 Å². The van der Waals surface area contributed by atoms with Crippen LogP contribution in [0.2, 0.25) is 0 Å². The molecule has 0 aliphatic heterocycles. The second-order valence-corrected chi connectivity index (χ2v) is 5.74. The van der Waals surface area contributed by atoms with E-state index in [0.717, 1.165) is 21.3 Å². The van der Waals surface area contributed by atoms with Gasteiger partial charge < -0.3 is 9.64 Å². The third-order valence-corrected chi connectivity index (χ3v) is 4.40. The molecule has 0 fully saturated rings. The maximum Gasteiger partial charge on any atom is 0.255 e. The number of hydrogen-bond acceptors (Lipinski definition) is 2. The Morgan fingerprint density at radius 1 is 1.19 bits per heavy atom. The molecule has 0 saturated heterocycles. The van der Waals surface area contributed by atoms with Crippen LogP contribution in [0.4, 0.5) is 0 Å². The number of carbonyl (C=O) groups excluding carboxylic acids is 1. The zero-order chi connectivity index (χ0) is 15.4. The van der Waals surface area contributed by atoms with Crippen molar-refractivity contribution in [2.75, 3.05) is 14.2 Å². The molecular formula is C17H18BrNO2. The molecule has 2 aromatic carbocycles. The number of halogens is 1. The highest BCUT2D eigenvalue weighted by molar-refractivity contribution is 9.10. The molecule has 0 bridgehead atoms. The number of methoxy groups -OCH3 is 1. The van der Waals surface area contributed by atoms with Crippen molar-refractivity contribution in [3.63, 3.8) is 0 Å². The average molecular weight is 348 g/mol. The first-order valence-corrected chi connectivity index (χ1v) is 7.45. The SMILES string of the molecule is COc1ccc(CN(C)C(=O)c2cccc(C)c2Br)cc1. The zero-order valence-electron chi connectivity index (χ0n) is 12.4. The summed E-state index contributed by atoms with van der Waals surface area (Å²) in [6.45, 7) is 2.54. The summed E-state index contributed by atoms with van der Waals surface area (Å²) in [7, 11) is 3.45. The molecule has 0 atom stereocenters. The van der Waals surface area contributed by atoms with E-state index in [1.807, 2.05) is 49.4 Å². The molecule has 0 unspecified atom stereocenters. The van der Waals surface area contributed by atoms with E-state index >= 15 is 0 Å². The zero-order valence-corrected chi connectivity index (χ0v) is 14.0. The molecule has 0 aliphatic rings. The molecule has 0 heterocycles. The van der Waals surface area contributed by atoms with Crippen LogP contribution in [-0.4, -0.2) is 25.0 Å². The van der Waals surface area contributed by atoms with Crippen molar-refractivity contribution >= 4 is 21.8 Å². The largest absolute Gasteiger partial charge is 0.497 e. The Kier molecular flexibility index (Phi) is 5.02. The lowest BCUT2D eigenvalue weighted by Crippen LogP contribution is -2.26. The normalized spacial score (nSPS) is 10.3. The number of ether oxygens (including phenoxy) is 1. The second-order valence-electron chi connectivity index (χ2n) is 4.95. The van der Waals surface area contributed by atoms with Gasteiger partial charge in [0.05, 0.1) is 12.7 Å². The lowest BCUT2D eigenvalue weighted by atomic mass is 10.1. The molecule has 3 nitrogen and oxygen atoms in total. The molecule has 0 radical (unpaired) electrons. The minimum absolute atomic E-state index is 0.00129. The van der Waals surface area contributed by atoms with E-state index in [4.69, 9.17) is 4.74 Å². The van der Waals surface area contributed by atoms with E-state index in [1.165, 1.54) is 0 Å². The van der Waals surface area contributed by atoms with E-state index < -0.39 is 0 Å². The Morgan fingerprint density at radius 2 is 1.86 bits per heavy atom. The fourth-order valence-electron chi connectivity index (χ4n) is 2.09. The Balaban J connectivity index is 2.13. The van der Waals surface area contributed by atoms with E-state index in [-0.39, 0.29) is 5.91 Å². The molecule has 1 amide bonds. The van der Waals surface area contributed by atoms with Gasteiger partial charge in [-0.1, -0.05) is 24.3 Å². The van der Waals surface area contributed by atoms with Gasteiger partial charge in [-0.15, -0.1) is 0 Å². The summed E-state index contributed by atoms with van der Waals surface area (Å²) in [6, 6.07) is 13.4. The third-order valence-electron chi connectivity index (χ3n) is 3.35. The maximum atomic E-state index is 12.5. The molecule has 0 spiro atoms. The van der Waals surface area contributed by atoms with Gasteiger partial charge >= 0.3 is 0 Å². The average Bonchev–Trinajstić information content (AvgIpc) is 2.50. The lowest BCUT2D eigenvalue weighted by molar-refractivity contribution is 0.0784. The Labute approximate surface area is 133 Å². The molecule has 0 saturated carbocycles. The summed E-state index contributed by atoms with van der Waals surface area (Å²) in [6.07, 6.45) is 0. The van der Waals surface area contributed by atoms with Gasteiger partial charge in [-0.05, 0) is 52.2 Å². The topological polar surface area (TPSA) is 29.5 Å². The number of hydrogen-bond donors (Lipinski definition) is 0. The molecule has 2 rings (SSSR count). The van der Waals surface area contributed by atoms with E-state index in [9.17, 15) is 4.79 Å². The summed E-state index contributed by atoms with van der Waals surface area (Å²) < 4.78 is 5.99. The highest BCUT2D eigenvalue weighted by atomic mass is 79.9. The molecule has 4 heteroatoms. The lowest BCUT2D eigenvalue weighted by Gasteiger charge is -2.19. The number of amides is 1. The van der Waals surface area contributed by atoms with Crippen molar-refractivity contribution in [1.29, 1.82) is 0 Å². The molecule has 0 aromatic heterocycles. The summed E-state index contributed by atoms with van der Waals surface area (Å²) in [5.41, 5.74) is 2.81. The standard InChI is InChI=1S/C17H18BrNO2/c1-12-5-4-6-15(16(12)18)17(20)19(2)11-13-7-9-14(21-3)10-8-13/h4-10H,11H2,1-3H3. The van der Waals surface area contributed by atoms with Crippen LogP contribution in [0.3, 0.4) is 0 Å². The fourth-order valence-corrected chi connectivity index (χ4v) is 2.53. The van der Waals surface area contributed by atoms with Crippen molar-refractivity contribution in [3.05, 3.63) is 63.6 Å². The van der Waals surface area contributed by atoms with Crippen LogP contribution in [0.25, 0.3) is 0 Å². The van der Waals surface area contributed by atoms with Crippen molar-refractivity contribution in [1.82, 2.24) is 4.90 Å². The van der Waals surface area contributed by atoms with E-state index in [1.54, 1.807) is 19.1 Å². The second kappa shape index (κ2) is 6.76. The minimum Gasteiger partial charge on any atom is -0.497 e. The van der Waals surface area contributed by atoms with Gasteiger partial charge in [0.15, 0.2) is 0 Å². The van der Waals surface area contributed by atoms with Crippen LogP contribution < -0.4 is 4.74 Å². The predicted molar refractivity (Wildman–Crippen MR) is 87.7 cm³/mol. The highest BCUT2D eigenvalue weighted by Crippen LogP contribution is 2.23. The quantitative estimate of drug-likeness (QED) is 0.835. The van der Waals surface area contributed by atoms with Gasteiger partial charge in [0.2, 0.25) is 0 Å². The number of benzene rings is 2. The van der Waals surface area contributed by atoms with Crippen LogP contribution >= 0.6 is 15.9 Å². The third kappa shape index (κ3) is 3.64. The van der Waals surface area contributed by atoms with Crippen molar-refractivity contribution in [3.8, 4) is 5.75 Å². The van der Waals surface area contributed by atoms with Crippen LogP contribution in [-0.2, 0) is 6.54 Å². The van der Waals surface area contributed by atoms with Crippen molar-refractivity contribution in [2.45, 2.75) is 13.5 Å². The van der Waals surface area contributed by atoms with E-state index in [2.05, 4.69) is 15.9 Å². The maximum absolute atomic E-state index is 12.5. The van der Waals surface area contributed by atoms with Gasteiger partial charge in [-0.3, -0.25) is 4.79 Å². The Hall–Kier alpha value is -1.81. The van der Waals surface area contributed by atoms with Gasteiger partial charge in [0, 0.05) is 18.1 Å². The first kappa shape index (κ1) is 15.6. The monoisotopic (exact) mass is 347 g/mol. The fraction of sp³-hybridized carbons (Fsp3) is 0.235. The molecule has 0 aliphatic carbocycles. The van der Waals surface area contributed by atoms with Crippen LogP contribution in [0.1, 0.15) is 21.5 Å². The Bertz CT molecular complexity index is 638. The molecular weight excluding hydrogens is 330 g/mol. The number of carbonyl (C=O) groups is 1. The number of aryl methyl sites for hydroxylation is 1. The first-order chi connectivity index (χ1) is 10.0. The molecule has 0 N–H and O–H groups in total. The van der Waals surface area contributed by atoms with Gasteiger partial charge in [-0.2, -0.15) is 0 Å². The smallest absolute Gasteiger partial charge is 0.255 e. The minimum atomic E-state index is 0.00129. The van der Waals surface area contributed by atoms with Crippen molar-refractivity contribution < 1.29 is 9.53 Å². The first-order valence-electron chi connectivity index (χ1n) is 6.66. The van der Waals surface area contributed by atoms with Gasteiger partial charge in [-0.25, -0.2) is 0 Å². The summed E-state index contributed by atoms with van der Waals surface area (Å²) in [5, 5.41) is 0. The predicted octanol–water partition coefficient (Wildman–Crippen LogP) is 4.04.